The number of Topliss-reactive ketones (excluding diaryl/α,β-unsaturated/α-hetero) is 1. The monoisotopic (exact) mass is 150 g/mol. The molecule has 1 fully saturated rings. The fourth-order valence-electron chi connectivity index (χ4n) is 2.34. The van der Waals surface area contributed by atoms with E-state index in [0.717, 1.165) is 0 Å². The first-order valence-electron chi connectivity index (χ1n) is 4.42. The van der Waals surface area contributed by atoms with Gasteiger partial charge in [0.2, 0.25) is 0 Å². The van der Waals surface area contributed by atoms with Crippen LogP contribution in [0.5, 0.6) is 0 Å². The fraction of sp³-hybridized carbons (Fsp3) is 0.700. The van der Waals surface area contributed by atoms with Gasteiger partial charge in [0.15, 0.2) is 0 Å². The van der Waals surface area contributed by atoms with Gasteiger partial charge in [0.25, 0.3) is 0 Å². The molecule has 60 valence electrons. The Kier molecular flexibility index (Phi) is 1.41. The number of rotatable bonds is 0. The average Bonchev–Trinajstić information content (AvgIpc) is 2.44. The number of ketones is 1. The second kappa shape index (κ2) is 2.20. The van der Waals surface area contributed by atoms with Crippen molar-refractivity contribution in [3.05, 3.63) is 12.2 Å². The molecule has 0 saturated heterocycles. The maximum Gasteiger partial charge on any atom is 0.139 e. The summed E-state index contributed by atoms with van der Waals surface area (Å²) in [6.07, 6.45) is 5.68. The van der Waals surface area contributed by atoms with Crippen molar-refractivity contribution in [2.24, 2.45) is 23.7 Å². The minimum Gasteiger partial charge on any atom is -0.299 e. The maximum absolute atomic E-state index is 11.5. The highest BCUT2D eigenvalue weighted by atomic mass is 16.1. The molecule has 0 spiro atoms. The van der Waals surface area contributed by atoms with E-state index < -0.39 is 0 Å². The molecule has 0 aromatic heterocycles. The van der Waals surface area contributed by atoms with E-state index in [1.807, 2.05) is 0 Å². The van der Waals surface area contributed by atoms with Gasteiger partial charge in [0, 0.05) is 11.8 Å². The van der Waals surface area contributed by atoms with Crippen molar-refractivity contribution in [1.29, 1.82) is 0 Å². The Morgan fingerprint density at radius 1 is 1.18 bits per heavy atom. The molecule has 1 nitrogen and oxygen atoms in total. The van der Waals surface area contributed by atoms with Gasteiger partial charge in [-0.2, -0.15) is 0 Å². The minimum atomic E-state index is 0.278. The maximum atomic E-state index is 11.5. The fourth-order valence-corrected chi connectivity index (χ4v) is 2.34. The van der Waals surface area contributed by atoms with Gasteiger partial charge in [-0.05, 0) is 18.3 Å². The Labute approximate surface area is 67.5 Å². The average molecular weight is 150 g/mol. The third-order valence-electron chi connectivity index (χ3n) is 3.33. The number of hydrogen-bond acceptors (Lipinski definition) is 1. The summed E-state index contributed by atoms with van der Waals surface area (Å²) in [6.45, 7) is 4.13. The molecule has 2 bridgehead atoms. The lowest BCUT2D eigenvalue weighted by Gasteiger charge is -2.29. The Balaban J connectivity index is 2.29. The zero-order chi connectivity index (χ0) is 8.01. The first-order chi connectivity index (χ1) is 5.20. The van der Waals surface area contributed by atoms with Crippen LogP contribution in [-0.2, 0) is 4.79 Å². The Hall–Kier alpha value is -0.590. The van der Waals surface area contributed by atoms with Crippen LogP contribution >= 0.6 is 0 Å². The molecule has 2 rings (SSSR count). The molecular weight excluding hydrogens is 136 g/mol. The number of allylic oxidation sites excluding steroid dienone is 2. The highest BCUT2D eigenvalue weighted by molar-refractivity contribution is 5.85. The summed E-state index contributed by atoms with van der Waals surface area (Å²) in [5.74, 6) is 2.14. The van der Waals surface area contributed by atoms with Crippen molar-refractivity contribution in [3.63, 3.8) is 0 Å². The Morgan fingerprint density at radius 3 is 2.09 bits per heavy atom. The van der Waals surface area contributed by atoms with Gasteiger partial charge in [-0.25, -0.2) is 0 Å². The number of carbonyl (C=O) groups excluding carboxylic acids is 1. The van der Waals surface area contributed by atoms with Gasteiger partial charge in [-0.3, -0.25) is 4.79 Å². The molecule has 1 saturated carbocycles. The van der Waals surface area contributed by atoms with Crippen molar-refractivity contribution < 1.29 is 4.79 Å². The lowest BCUT2D eigenvalue weighted by atomic mass is 9.73. The summed E-state index contributed by atoms with van der Waals surface area (Å²) in [7, 11) is 0. The lowest BCUT2D eigenvalue weighted by molar-refractivity contribution is -0.130. The van der Waals surface area contributed by atoms with E-state index in [1.165, 1.54) is 6.42 Å². The van der Waals surface area contributed by atoms with E-state index in [-0.39, 0.29) is 11.8 Å². The van der Waals surface area contributed by atoms with Crippen molar-refractivity contribution >= 4 is 5.78 Å². The van der Waals surface area contributed by atoms with Crippen LogP contribution in [0.4, 0.5) is 0 Å². The first-order valence-corrected chi connectivity index (χ1v) is 4.42. The highest BCUT2D eigenvalue weighted by Crippen LogP contribution is 2.41. The zero-order valence-electron chi connectivity index (χ0n) is 7.08. The number of hydrogen-bond donors (Lipinski definition) is 0. The van der Waals surface area contributed by atoms with E-state index in [4.69, 9.17) is 0 Å². The molecule has 0 heterocycles. The molecule has 0 amide bonds. The molecule has 0 aromatic carbocycles. The van der Waals surface area contributed by atoms with E-state index in [1.54, 1.807) is 0 Å². The molecule has 4 atom stereocenters. The Morgan fingerprint density at radius 2 is 1.64 bits per heavy atom. The van der Waals surface area contributed by atoms with E-state index >= 15 is 0 Å². The number of carbonyl (C=O) groups is 1. The van der Waals surface area contributed by atoms with Crippen LogP contribution in [0.3, 0.4) is 0 Å². The van der Waals surface area contributed by atoms with E-state index in [2.05, 4.69) is 26.0 Å². The lowest BCUT2D eigenvalue weighted by Crippen LogP contribution is -2.33. The standard InChI is InChI=1S/C10H14O/c1-6-8-3-4-9(5-8)7(2)10(6)11/h3-4,6-9H,5H2,1-2H3/t6-,7-,8-,9+/m1/s1. The van der Waals surface area contributed by atoms with Gasteiger partial charge in [0.05, 0.1) is 0 Å². The molecule has 0 aliphatic heterocycles. The normalized spacial score (nSPS) is 48.4. The summed E-state index contributed by atoms with van der Waals surface area (Å²) >= 11 is 0. The smallest absolute Gasteiger partial charge is 0.139 e. The molecule has 0 aromatic rings. The van der Waals surface area contributed by atoms with Crippen LogP contribution in [0.2, 0.25) is 0 Å². The molecule has 2 aliphatic carbocycles. The van der Waals surface area contributed by atoms with Crippen LogP contribution in [0, 0.1) is 23.7 Å². The SMILES string of the molecule is C[C@H]1C(=O)[C@H](C)[C@H]2C=C[C@@H]1C2. The molecule has 0 unspecified atom stereocenters. The predicted molar refractivity (Wildman–Crippen MR) is 44.1 cm³/mol. The molecular formula is C10H14O. The summed E-state index contributed by atoms with van der Waals surface area (Å²) in [5, 5.41) is 0. The summed E-state index contributed by atoms with van der Waals surface area (Å²) in [4.78, 5) is 11.5. The van der Waals surface area contributed by atoms with Gasteiger partial charge in [-0.15, -0.1) is 0 Å². The van der Waals surface area contributed by atoms with Gasteiger partial charge in [-0.1, -0.05) is 26.0 Å². The second-order valence-corrected chi connectivity index (χ2v) is 3.93. The van der Waals surface area contributed by atoms with Crippen molar-refractivity contribution in [2.75, 3.05) is 0 Å². The van der Waals surface area contributed by atoms with E-state index in [9.17, 15) is 4.79 Å². The molecule has 11 heavy (non-hydrogen) atoms. The second-order valence-electron chi connectivity index (χ2n) is 3.93. The van der Waals surface area contributed by atoms with Crippen LogP contribution in [0.15, 0.2) is 12.2 Å². The van der Waals surface area contributed by atoms with Gasteiger partial charge >= 0.3 is 0 Å². The van der Waals surface area contributed by atoms with E-state index in [0.29, 0.717) is 17.6 Å². The summed E-state index contributed by atoms with van der Waals surface area (Å²) in [6, 6.07) is 0. The highest BCUT2D eigenvalue weighted by Gasteiger charge is 2.39. The topological polar surface area (TPSA) is 17.1 Å². The molecule has 1 heteroatoms. The van der Waals surface area contributed by atoms with Crippen LogP contribution < -0.4 is 0 Å². The number of fused-ring (bicyclic) bond motifs is 2. The molecule has 0 radical (unpaired) electrons. The largest absolute Gasteiger partial charge is 0.299 e. The minimum absolute atomic E-state index is 0.278. The first kappa shape index (κ1) is 7.08. The zero-order valence-corrected chi connectivity index (χ0v) is 7.08. The summed E-state index contributed by atoms with van der Waals surface area (Å²) < 4.78 is 0. The van der Waals surface area contributed by atoms with Crippen molar-refractivity contribution in [1.82, 2.24) is 0 Å². The summed E-state index contributed by atoms with van der Waals surface area (Å²) in [5.41, 5.74) is 0. The van der Waals surface area contributed by atoms with Gasteiger partial charge < -0.3 is 0 Å². The third kappa shape index (κ3) is 0.867. The van der Waals surface area contributed by atoms with Crippen molar-refractivity contribution in [3.8, 4) is 0 Å². The van der Waals surface area contributed by atoms with Crippen LogP contribution in [-0.4, -0.2) is 5.78 Å². The molecule has 0 N–H and O–H groups in total. The Bertz CT molecular complexity index is 197. The van der Waals surface area contributed by atoms with Crippen LogP contribution in [0.1, 0.15) is 20.3 Å². The van der Waals surface area contributed by atoms with Gasteiger partial charge in [0.1, 0.15) is 5.78 Å². The quantitative estimate of drug-likeness (QED) is 0.483. The van der Waals surface area contributed by atoms with Crippen LogP contribution in [0.25, 0.3) is 0 Å². The molecule has 2 aliphatic rings. The predicted octanol–water partition coefficient (Wildman–Crippen LogP) is 2.03. The van der Waals surface area contributed by atoms with Crippen molar-refractivity contribution in [2.45, 2.75) is 20.3 Å². The third-order valence-corrected chi connectivity index (χ3v) is 3.33.